The van der Waals surface area contributed by atoms with Gasteiger partial charge in [-0.1, -0.05) is 56.3 Å². The number of carbonyl (C=O) groups is 1. The molecule has 2 rings (SSSR count). The van der Waals surface area contributed by atoms with E-state index in [1.807, 2.05) is 48.5 Å². The van der Waals surface area contributed by atoms with Crippen molar-refractivity contribution < 1.29 is 4.79 Å². The first-order chi connectivity index (χ1) is 13.1. The van der Waals surface area contributed by atoms with Crippen LogP contribution in [0.1, 0.15) is 43.7 Å². The highest BCUT2D eigenvalue weighted by atomic mass is 16.1. The first kappa shape index (κ1) is 20.3. The van der Waals surface area contributed by atoms with Gasteiger partial charge in [-0.3, -0.25) is 4.79 Å². The molecule has 0 unspecified atom stereocenters. The normalized spacial score (nSPS) is 11.1. The first-order valence-corrected chi connectivity index (χ1v) is 9.39. The molecule has 0 atom stereocenters. The second-order valence-electron chi connectivity index (χ2n) is 6.80. The number of nitrogens with zero attached hydrogens (tertiary/aromatic N) is 1. The molecule has 2 aromatic rings. The predicted molar refractivity (Wildman–Crippen MR) is 110 cm³/mol. The van der Waals surface area contributed by atoms with Crippen LogP contribution in [0.2, 0.25) is 0 Å². The largest absolute Gasteiger partial charge is 0.390 e. The Kier molecular flexibility index (Phi) is 8.12. The van der Waals surface area contributed by atoms with E-state index in [2.05, 4.69) is 36.6 Å². The minimum atomic E-state index is -0.397. The molecule has 0 aliphatic heterocycles. The van der Waals surface area contributed by atoms with Crippen LogP contribution in [0.4, 0.5) is 5.69 Å². The van der Waals surface area contributed by atoms with E-state index >= 15 is 0 Å². The van der Waals surface area contributed by atoms with Crippen molar-refractivity contribution in [2.45, 2.75) is 39.0 Å². The highest BCUT2D eigenvalue weighted by Gasteiger charge is 2.09. The summed E-state index contributed by atoms with van der Waals surface area (Å²) in [6, 6.07) is 20.0. The molecule has 4 nitrogen and oxygen atoms in total. The Morgan fingerprint density at radius 3 is 2.41 bits per heavy atom. The molecule has 0 aromatic heterocycles. The van der Waals surface area contributed by atoms with E-state index in [4.69, 9.17) is 0 Å². The SMILES string of the molecule is CC(C)c1ccc(NC(=O)/C(C#N)=C\NCCCCc2ccccc2)cc1. The second kappa shape index (κ2) is 10.8. The van der Waals surface area contributed by atoms with Crippen molar-refractivity contribution in [3.63, 3.8) is 0 Å². The molecular formula is C23H27N3O. The average Bonchev–Trinajstić information content (AvgIpc) is 2.68. The third kappa shape index (κ3) is 6.99. The van der Waals surface area contributed by atoms with Gasteiger partial charge in [-0.15, -0.1) is 0 Å². The summed E-state index contributed by atoms with van der Waals surface area (Å²) in [6.45, 7) is 4.97. The number of hydrogen-bond donors (Lipinski definition) is 2. The Labute approximate surface area is 161 Å². The molecule has 0 aliphatic rings. The molecule has 140 valence electrons. The van der Waals surface area contributed by atoms with Gasteiger partial charge in [0.15, 0.2) is 0 Å². The predicted octanol–water partition coefficient (Wildman–Crippen LogP) is 4.77. The fraction of sp³-hybridized carbons (Fsp3) is 0.304. The number of hydrogen-bond acceptors (Lipinski definition) is 3. The summed E-state index contributed by atoms with van der Waals surface area (Å²) in [7, 11) is 0. The molecule has 4 heteroatoms. The fourth-order valence-electron chi connectivity index (χ4n) is 2.67. The maximum atomic E-state index is 12.2. The number of nitriles is 1. The first-order valence-electron chi connectivity index (χ1n) is 9.39. The summed E-state index contributed by atoms with van der Waals surface area (Å²) in [5.41, 5.74) is 3.30. The number of anilines is 1. The van der Waals surface area contributed by atoms with E-state index in [-0.39, 0.29) is 5.57 Å². The van der Waals surface area contributed by atoms with Crippen LogP contribution >= 0.6 is 0 Å². The quantitative estimate of drug-likeness (QED) is 0.384. The zero-order valence-corrected chi connectivity index (χ0v) is 16.0. The summed E-state index contributed by atoms with van der Waals surface area (Å²) in [5.74, 6) is 0.0435. The van der Waals surface area contributed by atoms with Crippen LogP contribution in [-0.2, 0) is 11.2 Å². The Hall–Kier alpha value is -3.06. The zero-order chi connectivity index (χ0) is 19.5. The Bertz CT molecular complexity index is 787. The lowest BCUT2D eigenvalue weighted by atomic mass is 10.0. The van der Waals surface area contributed by atoms with Crippen molar-refractivity contribution in [2.75, 3.05) is 11.9 Å². The maximum absolute atomic E-state index is 12.2. The molecular weight excluding hydrogens is 334 g/mol. The number of benzene rings is 2. The van der Waals surface area contributed by atoms with Gasteiger partial charge < -0.3 is 10.6 Å². The van der Waals surface area contributed by atoms with Crippen molar-refractivity contribution in [1.29, 1.82) is 5.26 Å². The Balaban J connectivity index is 1.75. The van der Waals surface area contributed by atoms with Gasteiger partial charge in [0.05, 0.1) is 0 Å². The molecule has 2 aromatic carbocycles. The van der Waals surface area contributed by atoms with Crippen LogP contribution in [0, 0.1) is 11.3 Å². The second-order valence-corrected chi connectivity index (χ2v) is 6.80. The maximum Gasteiger partial charge on any atom is 0.267 e. The molecule has 0 spiro atoms. The van der Waals surface area contributed by atoms with Crippen molar-refractivity contribution in [3.8, 4) is 6.07 Å². The lowest BCUT2D eigenvalue weighted by Gasteiger charge is -2.08. The van der Waals surface area contributed by atoms with Gasteiger partial charge >= 0.3 is 0 Å². The fourth-order valence-corrected chi connectivity index (χ4v) is 2.67. The van der Waals surface area contributed by atoms with Gasteiger partial charge in [-0.25, -0.2) is 0 Å². The van der Waals surface area contributed by atoms with E-state index in [1.165, 1.54) is 17.3 Å². The minimum Gasteiger partial charge on any atom is -0.390 e. The number of carbonyl (C=O) groups excluding carboxylic acids is 1. The molecule has 27 heavy (non-hydrogen) atoms. The topological polar surface area (TPSA) is 64.9 Å². The van der Waals surface area contributed by atoms with Gasteiger partial charge in [-0.2, -0.15) is 5.26 Å². The van der Waals surface area contributed by atoms with Crippen molar-refractivity contribution in [2.24, 2.45) is 0 Å². The summed E-state index contributed by atoms with van der Waals surface area (Å²) in [4.78, 5) is 12.2. The molecule has 0 saturated carbocycles. The monoisotopic (exact) mass is 361 g/mol. The number of amides is 1. The molecule has 0 aliphatic carbocycles. The number of nitrogens with one attached hydrogen (secondary N) is 2. The van der Waals surface area contributed by atoms with Gasteiger partial charge in [0.1, 0.15) is 11.6 Å². The number of rotatable bonds is 9. The standard InChI is InChI=1S/C23H27N3O/c1-18(2)20-11-13-22(14-12-20)26-23(27)21(16-24)17-25-15-7-6-10-19-8-4-3-5-9-19/h3-5,8-9,11-14,17-18,25H,6-7,10,15H2,1-2H3,(H,26,27)/b21-17-. The molecule has 0 fully saturated rings. The smallest absolute Gasteiger partial charge is 0.267 e. The van der Waals surface area contributed by atoms with E-state index in [1.54, 1.807) is 0 Å². The molecule has 0 saturated heterocycles. The zero-order valence-electron chi connectivity index (χ0n) is 16.0. The molecule has 0 bridgehead atoms. The van der Waals surface area contributed by atoms with Crippen molar-refractivity contribution in [1.82, 2.24) is 5.32 Å². The average molecular weight is 361 g/mol. The Morgan fingerprint density at radius 1 is 1.07 bits per heavy atom. The van der Waals surface area contributed by atoms with E-state index in [0.29, 0.717) is 11.6 Å². The molecule has 0 heterocycles. The number of unbranched alkanes of at least 4 members (excludes halogenated alkanes) is 1. The van der Waals surface area contributed by atoms with Crippen molar-refractivity contribution >= 4 is 11.6 Å². The van der Waals surface area contributed by atoms with E-state index in [9.17, 15) is 10.1 Å². The lowest BCUT2D eigenvalue weighted by molar-refractivity contribution is -0.112. The molecule has 0 radical (unpaired) electrons. The summed E-state index contributed by atoms with van der Waals surface area (Å²) in [5, 5.41) is 15.1. The molecule has 2 N–H and O–H groups in total. The highest BCUT2D eigenvalue weighted by Crippen LogP contribution is 2.17. The van der Waals surface area contributed by atoms with E-state index in [0.717, 1.165) is 25.8 Å². The van der Waals surface area contributed by atoms with Gasteiger partial charge in [-0.05, 0) is 48.4 Å². The highest BCUT2D eigenvalue weighted by molar-refractivity contribution is 6.06. The lowest BCUT2D eigenvalue weighted by Crippen LogP contribution is -2.17. The van der Waals surface area contributed by atoms with Gasteiger partial charge in [0.2, 0.25) is 0 Å². The Morgan fingerprint density at radius 2 is 1.78 bits per heavy atom. The van der Waals surface area contributed by atoms with Crippen LogP contribution < -0.4 is 10.6 Å². The van der Waals surface area contributed by atoms with Crippen LogP contribution in [0.3, 0.4) is 0 Å². The summed E-state index contributed by atoms with van der Waals surface area (Å²) < 4.78 is 0. The van der Waals surface area contributed by atoms with Crippen LogP contribution in [0.15, 0.2) is 66.4 Å². The van der Waals surface area contributed by atoms with Crippen LogP contribution in [0.25, 0.3) is 0 Å². The third-order valence-corrected chi connectivity index (χ3v) is 4.33. The summed E-state index contributed by atoms with van der Waals surface area (Å²) in [6.07, 6.45) is 4.56. The van der Waals surface area contributed by atoms with Crippen LogP contribution in [0.5, 0.6) is 0 Å². The molecule has 1 amide bonds. The summed E-state index contributed by atoms with van der Waals surface area (Å²) >= 11 is 0. The number of aryl methyl sites for hydroxylation is 1. The van der Waals surface area contributed by atoms with E-state index < -0.39 is 5.91 Å². The van der Waals surface area contributed by atoms with Crippen LogP contribution in [-0.4, -0.2) is 12.5 Å². The van der Waals surface area contributed by atoms with Gasteiger partial charge in [0.25, 0.3) is 5.91 Å². The third-order valence-electron chi connectivity index (χ3n) is 4.33. The van der Waals surface area contributed by atoms with Gasteiger partial charge in [0, 0.05) is 18.4 Å². The minimum absolute atomic E-state index is 0.0750. The van der Waals surface area contributed by atoms with Crippen molar-refractivity contribution in [3.05, 3.63) is 77.5 Å².